The molecule has 1 aromatic heterocycles. The maximum Gasteiger partial charge on any atom is 0.417 e. The van der Waals surface area contributed by atoms with Gasteiger partial charge >= 0.3 is 12.1 Å². The van der Waals surface area contributed by atoms with E-state index < -0.39 is 23.3 Å². The number of hydrogen-bond acceptors (Lipinski definition) is 6. The molecule has 1 aromatic rings. The molecule has 4 atom stereocenters. The van der Waals surface area contributed by atoms with Crippen molar-refractivity contribution in [2.75, 3.05) is 44.2 Å². The number of fused-ring (bicyclic) bond motifs is 1. The number of halogens is 4. The Hall–Kier alpha value is -1.62. The van der Waals surface area contributed by atoms with E-state index in [1.165, 1.54) is 0 Å². The van der Waals surface area contributed by atoms with Crippen molar-refractivity contribution in [3.05, 3.63) is 22.8 Å². The number of pyridine rings is 1. The van der Waals surface area contributed by atoms with E-state index in [-0.39, 0.29) is 41.9 Å². The molecule has 3 fully saturated rings. The zero-order valence-corrected chi connectivity index (χ0v) is 15.4. The van der Waals surface area contributed by atoms with Crippen molar-refractivity contribution in [3.8, 4) is 0 Å². The minimum Gasteiger partial charge on any atom is -0.480 e. The molecule has 7 nitrogen and oxygen atoms in total. The van der Waals surface area contributed by atoms with Gasteiger partial charge in [0.25, 0.3) is 0 Å². The van der Waals surface area contributed by atoms with E-state index in [0.717, 1.165) is 12.3 Å². The zero-order valence-electron chi connectivity index (χ0n) is 14.7. The number of nitrogens with zero attached hydrogens (tertiary/aromatic N) is 3. The lowest BCUT2D eigenvalue weighted by Crippen LogP contribution is -2.54. The number of morpholine rings is 1. The second kappa shape index (κ2) is 6.72. The first-order chi connectivity index (χ1) is 13.1. The highest BCUT2D eigenvalue weighted by Gasteiger charge is 2.62. The number of carboxylic acids is 1. The van der Waals surface area contributed by atoms with Gasteiger partial charge in [-0.25, -0.2) is 4.98 Å². The van der Waals surface area contributed by atoms with Gasteiger partial charge in [-0.1, -0.05) is 11.6 Å². The third kappa shape index (κ3) is 3.22. The van der Waals surface area contributed by atoms with Crippen LogP contribution in [0.5, 0.6) is 0 Å². The monoisotopic (exact) mass is 421 g/mol. The number of likely N-dealkylation sites (tertiary alicyclic amines) is 1. The van der Waals surface area contributed by atoms with Crippen LogP contribution in [0, 0.1) is 11.8 Å². The van der Waals surface area contributed by atoms with E-state index in [1.54, 1.807) is 9.80 Å². The summed E-state index contributed by atoms with van der Waals surface area (Å²) in [6, 6.07) is 0.852. The maximum atomic E-state index is 12.9. The van der Waals surface area contributed by atoms with E-state index in [4.69, 9.17) is 21.4 Å². The van der Waals surface area contributed by atoms with E-state index in [2.05, 4.69) is 4.98 Å². The van der Waals surface area contributed by atoms with Crippen molar-refractivity contribution in [2.24, 2.45) is 11.8 Å². The fraction of sp³-hybridized carbons (Fsp3) is 0.647. The van der Waals surface area contributed by atoms with Gasteiger partial charge in [-0.2, -0.15) is 13.2 Å². The molecular formula is C17H19ClF3N3O4. The quantitative estimate of drug-likeness (QED) is 0.758. The predicted octanol–water partition coefficient (Wildman–Crippen LogP) is 1.34. The van der Waals surface area contributed by atoms with Crippen molar-refractivity contribution in [1.82, 2.24) is 9.88 Å². The predicted molar refractivity (Wildman–Crippen MR) is 92.2 cm³/mol. The minimum absolute atomic E-state index is 0.0694. The highest BCUT2D eigenvalue weighted by atomic mass is 35.5. The van der Waals surface area contributed by atoms with Crippen LogP contribution in [0.25, 0.3) is 0 Å². The summed E-state index contributed by atoms with van der Waals surface area (Å²) in [5.41, 5.74) is -1.63. The SMILES string of the molecule is O=C(O)CN1C[C@@H]2[C@H](CO)[C@H]3CN(c4ncc(C(F)(F)F)cc4Cl)C[C@]2(C1)O3. The summed E-state index contributed by atoms with van der Waals surface area (Å²) in [6.45, 7) is 1.27. The Balaban J connectivity index is 1.62. The number of alkyl halides is 3. The van der Waals surface area contributed by atoms with Gasteiger partial charge in [-0.05, 0) is 6.07 Å². The van der Waals surface area contributed by atoms with E-state index in [0.29, 0.717) is 26.2 Å². The Labute approximate surface area is 163 Å². The number of rotatable bonds is 4. The number of anilines is 1. The molecule has 0 radical (unpaired) electrons. The van der Waals surface area contributed by atoms with Crippen molar-refractivity contribution in [3.63, 3.8) is 0 Å². The van der Waals surface area contributed by atoms with Crippen molar-refractivity contribution in [2.45, 2.75) is 17.9 Å². The first-order valence-electron chi connectivity index (χ1n) is 8.83. The fourth-order valence-corrected chi connectivity index (χ4v) is 5.11. The topological polar surface area (TPSA) is 86.1 Å². The molecule has 2 N–H and O–H groups in total. The highest BCUT2D eigenvalue weighted by molar-refractivity contribution is 6.33. The molecule has 4 heterocycles. The lowest BCUT2D eigenvalue weighted by Gasteiger charge is -2.41. The molecule has 28 heavy (non-hydrogen) atoms. The Morgan fingerprint density at radius 2 is 2.14 bits per heavy atom. The number of carboxylic acid groups (broad SMARTS) is 1. The van der Waals surface area contributed by atoms with Gasteiger partial charge in [0, 0.05) is 44.3 Å². The van der Waals surface area contributed by atoms with Crippen LogP contribution in [-0.4, -0.2) is 77.1 Å². The average Bonchev–Trinajstić information content (AvgIpc) is 2.99. The van der Waals surface area contributed by atoms with Crippen LogP contribution in [0.1, 0.15) is 5.56 Å². The maximum absolute atomic E-state index is 12.9. The molecule has 3 saturated heterocycles. The second-order valence-corrected chi connectivity index (χ2v) is 8.05. The Morgan fingerprint density at radius 3 is 2.75 bits per heavy atom. The third-order valence-corrected chi connectivity index (χ3v) is 6.16. The number of aromatic nitrogens is 1. The summed E-state index contributed by atoms with van der Waals surface area (Å²) < 4.78 is 44.9. The number of aliphatic hydroxyl groups excluding tert-OH is 1. The Morgan fingerprint density at radius 1 is 1.39 bits per heavy atom. The summed E-state index contributed by atoms with van der Waals surface area (Å²) in [4.78, 5) is 18.6. The molecule has 0 saturated carbocycles. The van der Waals surface area contributed by atoms with Crippen LogP contribution in [0.15, 0.2) is 12.3 Å². The molecule has 0 aliphatic carbocycles. The standard InChI is InChI=1S/C17H19ClF3N3O4/c18-12-1-9(17(19,20)21)2-22-15(12)24-4-13-10(6-25)11-3-23(5-14(26)27)7-16(11,8-24)28-13/h1-2,10-11,13,25H,3-8H2,(H,26,27)/t10-,11+,13+,16-/m0/s1. The van der Waals surface area contributed by atoms with Crippen LogP contribution in [0.2, 0.25) is 5.02 Å². The first-order valence-corrected chi connectivity index (χ1v) is 9.21. The molecule has 154 valence electrons. The van der Waals surface area contributed by atoms with Gasteiger partial charge in [0.2, 0.25) is 0 Å². The summed E-state index contributed by atoms with van der Waals surface area (Å²) in [5, 5.41) is 18.8. The van der Waals surface area contributed by atoms with E-state index in [9.17, 15) is 23.1 Å². The lowest BCUT2D eigenvalue weighted by molar-refractivity contribution is -0.139. The average molecular weight is 422 g/mol. The molecule has 0 unspecified atom stereocenters. The minimum atomic E-state index is -4.53. The van der Waals surface area contributed by atoms with Crippen molar-refractivity contribution < 1.29 is 32.9 Å². The van der Waals surface area contributed by atoms with Gasteiger partial charge in [-0.3, -0.25) is 9.69 Å². The third-order valence-electron chi connectivity index (χ3n) is 5.88. The van der Waals surface area contributed by atoms with Crippen LogP contribution in [-0.2, 0) is 15.7 Å². The second-order valence-electron chi connectivity index (χ2n) is 7.65. The van der Waals surface area contributed by atoms with Crippen LogP contribution >= 0.6 is 11.6 Å². The number of hydrogen-bond donors (Lipinski definition) is 2. The molecule has 1 spiro atoms. The van der Waals surface area contributed by atoms with Crippen LogP contribution < -0.4 is 4.90 Å². The molecule has 0 aromatic carbocycles. The molecular weight excluding hydrogens is 403 g/mol. The van der Waals surface area contributed by atoms with Gasteiger partial charge in [0.1, 0.15) is 11.4 Å². The molecule has 11 heteroatoms. The largest absolute Gasteiger partial charge is 0.480 e. The molecule has 3 aliphatic heterocycles. The number of aliphatic carboxylic acids is 1. The van der Waals surface area contributed by atoms with Crippen LogP contribution in [0.4, 0.5) is 19.0 Å². The molecule has 2 bridgehead atoms. The lowest BCUT2D eigenvalue weighted by atomic mass is 9.83. The molecule has 3 aliphatic rings. The number of ether oxygens (including phenoxy) is 1. The Kier molecular flexibility index (Phi) is 4.72. The number of carbonyl (C=O) groups is 1. The van der Waals surface area contributed by atoms with Crippen molar-refractivity contribution >= 4 is 23.4 Å². The first kappa shape index (κ1) is 19.7. The summed E-state index contributed by atoms with van der Waals surface area (Å²) in [5.74, 6) is -0.970. The van der Waals surface area contributed by atoms with Crippen molar-refractivity contribution in [1.29, 1.82) is 0 Å². The normalized spacial score (nSPS) is 32.6. The number of aliphatic hydroxyl groups is 1. The summed E-state index contributed by atoms with van der Waals surface area (Å²) in [7, 11) is 0. The molecule has 0 amide bonds. The molecule has 4 rings (SSSR count). The van der Waals surface area contributed by atoms with Gasteiger partial charge in [0.15, 0.2) is 0 Å². The van der Waals surface area contributed by atoms with Gasteiger partial charge in [-0.15, -0.1) is 0 Å². The Bertz CT molecular complexity index is 795. The zero-order chi connectivity index (χ0) is 20.3. The van der Waals surface area contributed by atoms with Gasteiger partial charge in [0.05, 0.1) is 29.8 Å². The van der Waals surface area contributed by atoms with Crippen LogP contribution in [0.3, 0.4) is 0 Å². The summed E-state index contributed by atoms with van der Waals surface area (Å²) in [6.07, 6.45) is -4.10. The fourth-order valence-electron chi connectivity index (χ4n) is 4.82. The van der Waals surface area contributed by atoms with Gasteiger partial charge < -0.3 is 19.8 Å². The smallest absolute Gasteiger partial charge is 0.417 e. The summed E-state index contributed by atoms with van der Waals surface area (Å²) >= 11 is 6.11. The highest BCUT2D eigenvalue weighted by Crippen LogP contribution is 2.50. The van der Waals surface area contributed by atoms with E-state index >= 15 is 0 Å². The van der Waals surface area contributed by atoms with E-state index in [1.807, 2.05) is 0 Å².